The van der Waals surface area contributed by atoms with E-state index >= 15 is 0 Å². The van der Waals surface area contributed by atoms with Gasteiger partial charge >= 0.3 is 0 Å². The molecule has 1 aromatic rings. The minimum absolute atomic E-state index is 0.261. The van der Waals surface area contributed by atoms with Gasteiger partial charge in [0.1, 0.15) is 6.04 Å². The van der Waals surface area contributed by atoms with Gasteiger partial charge in [-0.15, -0.1) is 10.2 Å². The van der Waals surface area contributed by atoms with Gasteiger partial charge in [0.15, 0.2) is 5.82 Å². The van der Waals surface area contributed by atoms with Crippen molar-refractivity contribution in [2.24, 2.45) is 0 Å². The van der Waals surface area contributed by atoms with Crippen LogP contribution in [-0.2, 0) is 11.3 Å². The molecule has 0 saturated heterocycles. The maximum atomic E-state index is 11.8. The number of nitrogens with zero attached hydrogens (tertiary/aromatic N) is 3. The Bertz CT molecular complexity index is 345. The number of rotatable bonds is 5. The Kier molecular flexibility index (Phi) is 4.53. The fourth-order valence-corrected chi connectivity index (χ4v) is 1.17. The summed E-state index contributed by atoms with van der Waals surface area (Å²) in [7, 11) is 0. The first-order valence-corrected chi connectivity index (χ1v) is 5.31. The molecule has 17 heavy (non-hydrogen) atoms. The highest BCUT2D eigenvalue weighted by Crippen LogP contribution is 1.99. The smallest absolute Gasteiger partial charge is 0.239 e. The second kappa shape index (κ2) is 5.69. The molecular weight excluding hydrogens is 224 g/mol. The van der Waals surface area contributed by atoms with Gasteiger partial charge in [-0.25, -0.2) is 0 Å². The minimum atomic E-state index is -0.687. The van der Waals surface area contributed by atoms with Gasteiger partial charge in [-0.05, 0) is 20.8 Å². The summed E-state index contributed by atoms with van der Waals surface area (Å²) in [5.41, 5.74) is -0.335. The Hall–Kier alpha value is -1.54. The number of carbonyl (C=O) groups excluding carboxylic acids is 1. The van der Waals surface area contributed by atoms with Gasteiger partial charge in [0.25, 0.3) is 0 Å². The number of aromatic nitrogens is 4. The molecule has 4 N–H and O–H groups in total. The first kappa shape index (κ1) is 13.5. The average molecular weight is 242 g/mol. The molecule has 0 unspecified atom stereocenters. The number of hydrogen-bond donors (Lipinski definition) is 4. The van der Waals surface area contributed by atoms with Crippen molar-refractivity contribution in [3.05, 3.63) is 5.82 Å². The number of amides is 1. The van der Waals surface area contributed by atoms with Gasteiger partial charge in [-0.3, -0.25) is 10.1 Å². The van der Waals surface area contributed by atoms with Gasteiger partial charge in [-0.1, -0.05) is 5.21 Å². The lowest BCUT2D eigenvalue weighted by Crippen LogP contribution is -2.52. The number of aliphatic hydroxyl groups excluding tert-OH is 1. The highest BCUT2D eigenvalue weighted by atomic mass is 16.3. The molecule has 0 aliphatic heterocycles. The molecule has 0 radical (unpaired) electrons. The van der Waals surface area contributed by atoms with Crippen molar-refractivity contribution in [1.82, 2.24) is 31.3 Å². The quantitative estimate of drug-likeness (QED) is 0.503. The minimum Gasteiger partial charge on any atom is -0.394 e. The summed E-state index contributed by atoms with van der Waals surface area (Å²) in [6, 6.07) is -0.687. The number of H-pyrrole nitrogens is 1. The van der Waals surface area contributed by atoms with Crippen LogP contribution in [0.5, 0.6) is 0 Å². The Morgan fingerprint density at radius 2 is 2.24 bits per heavy atom. The summed E-state index contributed by atoms with van der Waals surface area (Å²) in [6.45, 7) is 5.59. The van der Waals surface area contributed by atoms with Crippen LogP contribution >= 0.6 is 0 Å². The second-order valence-electron chi connectivity index (χ2n) is 4.68. The first-order valence-electron chi connectivity index (χ1n) is 5.31. The molecule has 1 heterocycles. The van der Waals surface area contributed by atoms with Crippen LogP contribution in [0.15, 0.2) is 0 Å². The van der Waals surface area contributed by atoms with E-state index in [-0.39, 0.29) is 24.6 Å². The van der Waals surface area contributed by atoms with Crippen molar-refractivity contribution in [3.63, 3.8) is 0 Å². The van der Waals surface area contributed by atoms with E-state index in [4.69, 9.17) is 5.11 Å². The van der Waals surface area contributed by atoms with E-state index in [2.05, 4.69) is 31.3 Å². The van der Waals surface area contributed by atoms with E-state index in [9.17, 15) is 4.79 Å². The molecule has 0 aliphatic carbocycles. The molecule has 0 saturated carbocycles. The van der Waals surface area contributed by atoms with Gasteiger partial charge in [0.05, 0.1) is 13.2 Å². The van der Waals surface area contributed by atoms with E-state index in [1.54, 1.807) is 0 Å². The molecular formula is C9H18N6O2. The molecule has 8 nitrogen and oxygen atoms in total. The van der Waals surface area contributed by atoms with Crippen LogP contribution in [0.4, 0.5) is 0 Å². The van der Waals surface area contributed by atoms with Crippen LogP contribution in [0, 0.1) is 0 Å². The maximum Gasteiger partial charge on any atom is 0.239 e. The lowest BCUT2D eigenvalue weighted by molar-refractivity contribution is -0.125. The molecule has 8 heteroatoms. The predicted octanol–water partition coefficient (Wildman–Crippen LogP) is -1.44. The molecule has 0 fully saturated rings. The molecule has 1 aromatic heterocycles. The number of aliphatic hydroxyl groups is 1. The van der Waals surface area contributed by atoms with Crippen LogP contribution in [-0.4, -0.2) is 49.8 Å². The molecule has 0 bridgehead atoms. The van der Waals surface area contributed by atoms with Crippen LogP contribution in [0.2, 0.25) is 0 Å². The van der Waals surface area contributed by atoms with Crippen molar-refractivity contribution in [3.8, 4) is 0 Å². The van der Waals surface area contributed by atoms with Crippen molar-refractivity contribution in [1.29, 1.82) is 0 Å². The topological polar surface area (TPSA) is 116 Å². The Balaban J connectivity index is 2.45. The molecule has 1 atom stereocenters. The van der Waals surface area contributed by atoms with E-state index in [0.717, 1.165) is 0 Å². The fourth-order valence-electron chi connectivity index (χ4n) is 1.17. The summed E-state index contributed by atoms with van der Waals surface area (Å²) >= 11 is 0. The van der Waals surface area contributed by atoms with E-state index < -0.39 is 6.04 Å². The van der Waals surface area contributed by atoms with Crippen molar-refractivity contribution < 1.29 is 9.90 Å². The van der Waals surface area contributed by atoms with Crippen LogP contribution in [0.25, 0.3) is 0 Å². The number of carbonyl (C=O) groups is 1. The number of aromatic amines is 1. The Labute approximate surface area is 99.2 Å². The molecule has 96 valence electrons. The normalized spacial score (nSPS) is 13.4. The summed E-state index contributed by atoms with van der Waals surface area (Å²) in [6.07, 6.45) is 0. The zero-order chi connectivity index (χ0) is 12.9. The largest absolute Gasteiger partial charge is 0.394 e. The standard InChI is InChI=1S/C9H18N6O2/c1-9(2,3)11-8(17)6(5-16)10-4-7-12-14-15-13-7/h6,10,16H,4-5H2,1-3H3,(H,11,17)(H,12,13,14,15)/t6-/m0/s1. The number of hydrogen-bond acceptors (Lipinski definition) is 6. The first-order chi connectivity index (χ1) is 7.92. The monoisotopic (exact) mass is 242 g/mol. The number of nitrogens with one attached hydrogen (secondary N) is 3. The Morgan fingerprint density at radius 1 is 1.53 bits per heavy atom. The lowest BCUT2D eigenvalue weighted by atomic mass is 10.1. The molecule has 1 rings (SSSR count). The zero-order valence-electron chi connectivity index (χ0n) is 10.2. The SMILES string of the molecule is CC(C)(C)NC(=O)[C@H](CO)NCc1nn[nH]n1. The third-order valence-electron chi connectivity index (χ3n) is 1.89. The van der Waals surface area contributed by atoms with Crippen LogP contribution in [0.1, 0.15) is 26.6 Å². The summed E-state index contributed by atoms with van der Waals surface area (Å²) in [4.78, 5) is 11.8. The van der Waals surface area contributed by atoms with Crippen molar-refractivity contribution in [2.75, 3.05) is 6.61 Å². The highest BCUT2D eigenvalue weighted by Gasteiger charge is 2.22. The van der Waals surface area contributed by atoms with E-state index in [1.165, 1.54) is 0 Å². The van der Waals surface area contributed by atoms with Gasteiger partial charge in [-0.2, -0.15) is 5.21 Å². The summed E-state index contributed by atoms with van der Waals surface area (Å²) in [5.74, 6) is 0.176. The Morgan fingerprint density at radius 3 is 2.71 bits per heavy atom. The molecule has 0 spiro atoms. The molecule has 0 aromatic carbocycles. The van der Waals surface area contributed by atoms with Gasteiger partial charge in [0, 0.05) is 5.54 Å². The van der Waals surface area contributed by atoms with Gasteiger partial charge < -0.3 is 10.4 Å². The average Bonchev–Trinajstić information content (AvgIpc) is 2.68. The summed E-state index contributed by atoms with van der Waals surface area (Å²) in [5, 5.41) is 27.9. The maximum absolute atomic E-state index is 11.8. The van der Waals surface area contributed by atoms with Crippen LogP contribution in [0.3, 0.4) is 0 Å². The lowest BCUT2D eigenvalue weighted by Gasteiger charge is -2.24. The van der Waals surface area contributed by atoms with Gasteiger partial charge in [0.2, 0.25) is 5.91 Å². The van der Waals surface area contributed by atoms with E-state index in [0.29, 0.717) is 5.82 Å². The third kappa shape index (κ3) is 4.87. The summed E-state index contributed by atoms with van der Waals surface area (Å²) < 4.78 is 0. The third-order valence-corrected chi connectivity index (χ3v) is 1.89. The fraction of sp³-hybridized carbons (Fsp3) is 0.778. The van der Waals surface area contributed by atoms with Crippen molar-refractivity contribution >= 4 is 5.91 Å². The second-order valence-corrected chi connectivity index (χ2v) is 4.68. The molecule has 0 aliphatic rings. The van der Waals surface area contributed by atoms with Crippen molar-refractivity contribution in [2.45, 2.75) is 38.9 Å². The van der Waals surface area contributed by atoms with E-state index in [1.807, 2.05) is 20.8 Å². The number of tetrazole rings is 1. The van der Waals surface area contributed by atoms with Crippen LogP contribution < -0.4 is 10.6 Å². The zero-order valence-corrected chi connectivity index (χ0v) is 10.2. The highest BCUT2D eigenvalue weighted by molar-refractivity contribution is 5.82. The molecule has 1 amide bonds. The predicted molar refractivity (Wildman–Crippen MR) is 59.8 cm³/mol.